The number of carbonyl (C=O) groups is 2. The monoisotopic (exact) mass is 524 g/mol. The number of nitrogens with zero attached hydrogens (tertiary/aromatic N) is 5. The van der Waals surface area contributed by atoms with Gasteiger partial charge in [0.2, 0.25) is 5.95 Å². The fraction of sp³-hybridized carbons (Fsp3) is 0.267. The van der Waals surface area contributed by atoms with Crippen LogP contribution in [0.2, 0.25) is 0 Å². The summed E-state index contributed by atoms with van der Waals surface area (Å²) in [7, 11) is 1.80. The molecule has 2 aromatic heterocycles. The second-order valence-electron chi connectivity index (χ2n) is 10.2. The average molecular weight is 525 g/mol. The molecule has 1 saturated heterocycles. The second-order valence-corrected chi connectivity index (χ2v) is 10.2. The van der Waals surface area contributed by atoms with Crippen molar-refractivity contribution in [2.45, 2.75) is 25.8 Å². The van der Waals surface area contributed by atoms with E-state index in [2.05, 4.69) is 25.1 Å². The molecule has 2 aromatic carbocycles. The van der Waals surface area contributed by atoms with Crippen LogP contribution in [0, 0.1) is 12.7 Å². The summed E-state index contributed by atoms with van der Waals surface area (Å²) in [5.74, 6) is -1.16. The van der Waals surface area contributed by atoms with Gasteiger partial charge in [-0.3, -0.25) is 9.59 Å². The maximum Gasteiger partial charge on any atom is 0.298 e. The maximum atomic E-state index is 13.4. The molecule has 2 aliphatic rings. The molecule has 8 nitrogen and oxygen atoms in total. The summed E-state index contributed by atoms with van der Waals surface area (Å²) in [4.78, 5) is 39.3. The third kappa shape index (κ3) is 4.65. The van der Waals surface area contributed by atoms with Gasteiger partial charge >= 0.3 is 0 Å². The minimum absolute atomic E-state index is 0.212. The van der Waals surface area contributed by atoms with Gasteiger partial charge in [0.1, 0.15) is 5.69 Å². The summed E-state index contributed by atoms with van der Waals surface area (Å²) in [6.45, 7) is 4.32. The Labute approximate surface area is 226 Å². The molecule has 198 valence electrons. The lowest BCUT2D eigenvalue weighted by molar-refractivity contribution is -0.112. The number of aryl methyl sites for hydroxylation is 1. The van der Waals surface area contributed by atoms with Crippen molar-refractivity contribution in [2.24, 2.45) is 7.05 Å². The van der Waals surface area contributed by atoms with Crippen molar-refractivity contribution in [1.82, 2.24) is 14.5 Å². The molecule has 1 N–H and O–H groups in total. The fourth-order valence-corrected chi connectivity index (χ4v) is 5.70. The molecule has 4 aromatic rings. The molecule has 1 fully saturated rings. The van der Waals surface area contributed by atoms with Crippen LogP contribution >= 0.6 is 0 Å². The molecule has 9 heteroatoms. The maximum absolute atomic E-state index is 13.4. The summed E-state index contributed by atoms with van der Waals surface area (Å²) in [5, 5.41) is 2.83. The number of aromatic nitrogens is 3. The van der Waals surface area contributed by atoms with E-state index in [1.165, 1.54) is 12.4 Å². The van der Waals surface area contributed by atoms with Crippen LogP contribution in [0.3, 0.4) is 0 Å². The van der Waals surface area contributed by atoms with Gasteiger partial charge in [-0.15, -0.1) is 0 Å². The number of Topliss-reactive ketones (excluding diaryl/α,β-unsaturated/α-hetero) is 1. The van der Waals surface area contributed by atoms with Gasteiger partial charge in [-0.2, -0.15) is 0 Å². The van der Waals surface area contributed by atoms with Crippen LogP contribution in [-0.4, -0.2) is 51.9 Å². The topological polar surface area (TPSA) is 83.4 Å². The van der Waals surface area contributed by atoms with Gasteiger partial charge in [0, 0.05) is 49.3 Å². The summed E-state index contributed by atoms with van der Waals surface area (Å²) < 4.78 is 15.1. The number of rotatable bonds is 5. The normalized spacial score (nSPS) is 16.4. The largest absolute Gasteiger partial charge is 0.366 e. The molecule has 4 heterocycles. The first-order chi connectivity index (χ1) is 18.9. The number of hydrogen-bond donors (Lipinski definition) is 1. The molecular weight excluding hydrogens is 495 g/mol. The molecule has 0 bridgehead atoms. The number of ketones is 1. The molecule has 0 aliphatic carbocycles. The van der Waals surface area contributed by atoms with Crippen LogP contribution in [0.1, 0.15) is 28.2 Å². The Hall–Kier alpha value is -4.53. The molecule has 1 amide bonds. The standard InChI is InChI=1S/C30H29FN6O2/c1-19-13-25(20-7-4-3-5-8-20)27(35(19)2)28(38)29(39)34-23-9-10-26-21(14-23)15-24-18-36(11-6-12-37(24)26)30-32-16-22(31)17-33-30/h3-5,7-10,13-14,16-17,24H,6,11-12,15,18H2,1-2H3,(H,34,39)/t24-/m1/s1. The lowest BCUT2D eigenvalue weighted by atomic mass is 10.0. The number of nitrogens with one attached hydrogen (secondary N) is 1. The van der Waals surface area contributed by atoms with E-state index >= 15 is 0 Å². The number of carbonyl (C=O) groups excluding carboxylic acids is 2. The van der Waals surface area contributed by atoms with Crippen LogP contribution in [0.15, 0.2) is 67.0 Å². The van der Waals surface area contributed by atoms with Gasteiger partial charge < -0.3 is 19.7 Å². The van der Waals surface area contributed by atoms with Crippen molar-refractivity contribution in [1.29, 1.82) is 0 Å². The molecule has 39 heavy (non-hydrogen) atoms. The zero-order valence-electron chi connectivity index (χ0n) is 21.9. The Balaban J connectivity index is 1.20. The Morgan fingerprint density at radius 2 is 1.79 bits per heavy atom. The molecule has 0 unspecified atom stereocenters. The predicted molar refractivity (Wildman–Crippen MR) is 149 cm³/mol. The summed E-state index contributed by atoms with van der Waals surface area (Å²) in [5.41, 5.74) is 5.75. The zero-order chi connectivity index (χ0) is 27.1. The third-order valence-electron chi connectivity index (χ3n) is 7.67. The van der Waals surface area contributed by atoms with Crippen molar-refractivity contribution in [3.05, 3.63) is 89.8 Å². The SMILES string of the molecule is Cc1cc(-c2ccccc2)c(C(=O)C(=O)Nc2ccc3c(c2)C[C@@H]2CN(c4ncc(F)cn4)CCCN32)n1C. The molecule has 0 saturated carbocycles. The smallest absolute Gasteiger partial charge is 0.298 e. The minimum atomic E-state index is -0.666. The molecule has 0 spiro atoms. The highest BCUT2D eigenvalue weighted by molar-refractivity contribution is 6.47. The van der Waals surface area contributed by atoms with E-state index in [0.29, 0.717) is 17.3 Å². The van der Waals surface area contributed by atoms with Crippen molar-refractivity contribution in [3.63, 3.8) is 0 Å². The van der Waals surface area contributed by atoms with E-state index in [4.69, 9.17) is 0 Å². The Morgan fingerprint density at radius 1 is 1.03 bits per heavy atom. The van der Waals surface area contributed by atoms with Gasteiger partial charge in [0.05, 0.1) is 18.4 Å². The lowest BCUT2D eigenvalue weighted by Crippen LogP contribution is -2.39. The first kappa shape index (κ1) is 24.8. The van der Waals surface area contributed by atoms with Crippen LogP contribution < -0.4 is 15.1 Å². The fourth-order valence-electron chi connectivity index (χ4n) is 5.70. The number of anilines is 3. The number of halogens is 1. The average Bonchev–Trinajstić information content (AvgIpc) is 3.34. The van der Waals surface area contributed by atoms with Crippen LogP contribution in [0.4, 0.5) is 21.7 Å². The molecular formula is C30H29FN6O2. The van der Waals surface area contributed by atoms with Crippen molar-refractivity contribution in [2.75, 3.05) is 34.8 Å². The zero-order valence-corrected chi connectivity index (χ0v) is 21.9. The van der Waals surface area contributed by atoms with Gasteiger partial charge in [0.15, 0.2) is 5.82 Å². The number of amides is 1. The quantitative estimate of drug-likeness (QED) is 0.308. The Kier molecular flexibility index (Phi) is 6.34. The summed E-state index contributed by atoms with van der Waals surface area (Å²) >= 11 is 0. The molecule has 2 aliphatic heterocycles. The van der Waals surface area contributed by atoms with Crippen molar-refractivity contribution >= 4 is 29.0 Å². The van der Waals surface area contributed by atoms with E-state index < -0.39 is 17.5 Å². The number of fused-ring (bicyclic) bond motifs is 3. The van der Waals surface area contributed by atoms with Gasteiger partial charge in [0.25, 0.3) is 11.7 Å². The molecule has 6 rings (SSSR count). The van der Waals surface area contributed by atoms with Gasteiger partial charge in [-0.05, 0) is 55.2 Å². The van der Waals surface area contributed by atoms with Crippen LogP contribution in [0.5, 0.6) is 0 Å². The van der Waals surface area contributed by atoms with Crippen molar-refractivity contribution < 1.29 is 14.0 Å². The first-order valence-corrected chi connectivity index (χ1v) is 13.1. The van der Waals surface area contributed by atoms with Crippen LogP contribution in [-0.2, 0) is 18.3 Å². The van der Waals surface area contributed by atoms with Gasteiger partial charge in [-0.1, -0.05) is 30.3 Å². The highest BCUT2D eigenvalue weighted by Gasteiger charge is 2.34. The molecule has 0 radical (unpaired) electrons. The summed E-state index contributed by atoms with van der Waals surface area (Å²) in [6, 6.07) is 17.6. The molecule has 1 atom stereocenters. The lowest BCUT2D eigenvalue weighted by Gasteiger charge is -2.27. The van der Waals surface area contributed by atoms with Crippen molar-refractivity contribution in [3.8, 4) is 11.1 Å². The first-order valence-electron chi connectivity index (χ1n) is 13.1. The number of hydrogen-bond acceptors (Lipinski definition) is 6. The second kappa shape index (κ2) is 9.98. The Morgan fingerprint density at radius 3 is 2.56 bits per heavy atom. The number of benzene rings is 2. The summed E-state index contributed by atoms with van der Waals surface area (Å²) in [6.07, 6.45) is 4.11. The van der Waals surface area contributed by atoms with E-state index in [9.17, 15) is 14.0 Å². The van der Waals surface area contributed by atoms with Gasteiger partial charge in [-0.25, -0.2) is 14.4 Å². The van der Waals surface area contributed by atoms with E-state index in [0.717, 1.165) is 60.5 Å². The highest BCUT2D eigenvalue weighted by Crippen LogP contribution is 2.36. The van der Waals surface area contributed by atoms with E-state index in [-0.39, 0.29) is 6.04 Å². The Bertz CT molecular complexity index is 1550. The predicted octanol–water partition coefficient (Wildman–Crippen LogP) is 4.39. The van der Waals surface area contributed by atoms with Crippen LogP contribution in [0.25, 0.3) is 11.1 Å². The third-order valence-corrected chi connectivity index (χ3v) is 7.67. The minimum Gasteiger partial charge on any atom is -0.366 e. The highest BCUT2D eigenvalue weighted by atomic mass is 19.1. The van der Waals surface area contributed by atoms with E-state index in [1.807, 2.05) is 61.5 Å². The van der Waals surface area contributed by atoms with E-state index in [1.54, 1.807) is 11.6 Å².